The molecule has 1 aromatic carbocycles. The zero-order chi connectivity index (χ0) is 13.8. The quantitative estimate of drug-likeness (QED) is 0.809. The molecule has 1 aromatic rings. The maximum Gasteiger partial charge on any atom is 0.146 e. The van der Waals surface area contributed by atoms with Crippen molar-refractivity contribution >= 4 is 5.69 Å². The first kappa shape index (κ1) is 13.0. The van der Waals surface area contributed by atoms with Gasteiger partial charge in [0.2, 0.25) is 0 Å². The molecule has 2 aliphatic carbocycles. The molecule has 0 saturated heterocycles. The number of hydrogen-bond donors (Lipinski definition) is 1. The molecular weight excluding hydrogens is 237 g/mol. The van der Waals surface area contributed by atoms with Crippen LogP contribution in [0.4, 0.5) is 10.1 Å². The van der Waals surface area contributed by atoms with Crippen LogP contribution in [0.5, 0.6) is 0 Å². The summed E-state index contributed by atoms with van der Waals surface area (Å²) >= 11 is 0. The van der Waals surface area contributed by atoms with E-state index in [1.54, 1.807) is 6.07 Å². The van der Waals surface area contributed by atoms with Gasteiger partial charge in [0.05, 0.1) is 5.69 Å². The van der Waals surface area contributed by atoms with E-state index in [0.717, 1.165) is 11.5 Å². The van der Waals surface area contributed by atoms with E-state index in [-0.39, 0.29) is 11.2 Å². The Labute approximate surface area is 115 Å². The van der Waals surface area contributed by atoms with Crippen molar-refractivity contribution in [3.05, 3.63) is 29.6 Å². The van der Waals surface area contributed by atoms with Crippen LogP contribution in [0.1, 0.15) is 45.6 Å². The monoisotopic (exact) mass is 261 g/mol. The molecule has 1 nitrogen and oxygen atoms in total. The third kappa shape index (κ3) is 1.87. The number of halogens is 1. The summed E-state index contributed by atoms with van der Waals surface area (Å²) in [6.07, 6.45) is 3.88. The molecule has 19 heavy (non-hydrogen) atoms. The summed E-state index contributed by atoms with van der Waals surface area (Å²) in [7, 11) is 0. The Morgan fingerprint density at radius 3 is 2.63 bits per heavy atom. The molecule has 2 bridgehead atoms. The van der Waals surface area contributed by atoms with Gasteiger partial charge in [-0.05, 0) is 60.6 Å². The first-order valence-electron chi connectivity index (χ1n) is 7.36. The van der Waals surface area contributed by atoms with Crippen LogP contribution in [-0.2, 0) is 0 Å². The van der Waals surface area contributed by atoms with Crippen molar-refractivity contribution in [2.24, 2.45) is 16.7 Å². The second-order valence-electron chi connectivity index (χ2n) is 7.48. The van der Waals surface area contributed by atoms with E-state index >= 15 is 0 Å². The van der Waals surface area contributed by atoms with Gasteiger partial charge in [0, 0.05) is 6.04 Å². The number of hydrogen-bond acceptors (Lipinski definition) is 1. The van der Waals surface area contributed by atoms with Gasteiger partial charge in [0.25, 0.3) is 0 Å². The second kappa shape index (κ2) is 3.97. The van der Waals surface area contributed by atoms with Crippen molar-refractivity contribution in [1.82, 2.24) is 0 Å². The molecule has 0 amide bonds. The third-order valence-corrected chi connectivity index (χ3v) is 5.69. The molecule has 0 spiro atoms. The van der Waals surface area contributed by atoms with Crippen molar-refractivity contribution in [2.75, 3.05) is 5.32 Å². The van der Waals surface area contributed by atoms with Crippen molar-refractivity contribution in [3.63, 3.8) is 0 Å². The van der Waals surface area contributed by atoms with Gasteiger partial charge in [-0.25, -0.2) is 4.39 Å². The molecule has 0 aromatic heterocycles. The highest BCUT2D eigenvalue weighted by atomic mass is 19.1. The first-order valence-corrected chi connectivity index (χ1v) is 7.36. The highest BCUT2D eigenvalue weighted by Crippen LogP contribution is 2.63. The van der Waals surface area contributed by atoms with E-state index in [1.807, 2.05) is 19.1 Å². The average Bonchev–Trinajstić information content (AvgIpc) is 2.80. The van der Waals surface area contributed by atoms with Crippen LogP contribution in [-0.4, -0.2) is 6.04 Å². The van der Waals surface area contributed by atoms with Gasteiger partial charge >= 0.3 is 0 Å². The molecule has 3 rings (SSSR count). The molecule has 0 radical (unpaired) electrons. The molecule has 2 aliphatic rings. The number of fused-ring (bicyclic) bond motifs is 2. The van der Waals surface area contributed by atoms with E-state index < -0.39 is 0 Å². The minimum atomic E-state index is -0.132. The summed E-state index contributed by atoms with van der Waals surface area (Å²) < 4.78 is 14.0. The molecule has 2 saturated carbocycles. The molecule has 1 N–H and O–H groups in total. The highest BCUT2D eigenvalue weighted by Gasteiger charge is 2.59. The zero-order valence-electron chi connectivity index (χ0n) is 12.4. The summed E-state index contributed by atoms with van der Waals surface area (Å²) in [5, 5.41) is 3.54. The van der Waals surface area contributed by atoms with Crippen LogP contribution in [0.25, 0.3) is 0 Å². The maximum atomic E-state index is 14.0. The van der Waals surface area contributed by atoms with Crippen LogP contribution in [0.15, 0.2) is 18.2 Å². The fraction of sp³-hybridized carbons (Fsp3) is 0.647. The van der Waals surface area contributed by atoms with Crippen molar-refractivity contribution < 1.29 is 4.39 Å². The second-order valence-corrected chi connectivity index (χ2v) is 7.48. The van der Waals surface area contributed by atoms with Crippen LogP contribution in [0.2, 0.25) is 0 Å². The fourth-order valence-electron chi connectivity index (χ4n) is 4.57. The largest absolute Gasteiger partial charge is 0.379 e. The van der Waals surface area contributed by atoms with E-state index in [9.17, 15) is 4.39 Å². The SMILES string of the molecule is Cc1ccc(F)c(NC2C3(C)CCC(C3)C2(C)C)c1. The van der Waals surface area contributed by atoms with Gasteiger partial charge in [0.15, 0.2) is 0 Å². The lowest BCUT2D eigenvalue weighted by Crippen LogP contribution is -2.45. The summed E-state index contributed by atoms with van der Waals surface area (Å²) in [6, 6.07) is 5.70. The lowest BCUT2D eigenvalue weighted by molar-refractivity contribution is 0.155. The Balaban J connectivity index is 1.92. The number of aryl methyl sites for hydroxylation is 1. The number of anilines is 1. The molecule has 0 aliphatic heterocycles. The smallest absolute Gasteiger partial charge is 0.146 e. The number of benzene rings is 1. The summed E-state index contributed by atoms with van der Waals surface area (Å²) in [5.41, 5.74) is 2.36. The lowest BCUT2D eigenvalue weighted by Gasteiger charge is -2.43. The van der Waals surface area contributed by atoms with E-state index in [2.05, 4.69) is 26.1 Å². The van der Waals surface area contributed by atoms with E-state index in [0.29, 0.717) is 17.1 Å². The van der Waals surface area contributed by atoms with Gasteiger partial charge in [0.1, 0.15) is 5.82 Å². The third-order valence-electron chi connectivity index (χ3n) is 5.69. The van der Waals surface area contributed by atoms with Crippen LogP contribution in [0.3, 0.4) is 0 Å². The van der Waals surface area contributed by atoms with Crippen LogP contribution >= 0.6 is 0 Å². The minimum absolute atomic E-state index is 0.132. The maximum absolute atomic E-state index is 14.0. The standard InChI is InChI=1S/C17H24FN/c1-11-5-6-13(18)14(9-11)19-15-16(2,3)12-7-8-17(15,4)10-12/h5-6,9,12,15,19H,7-8,10H2,1-4H3. The van der Waals surface area contributed by atoms with Crippen molar-refractivity contribution in [3.8, 4) is 0 Å². The van der Waals surface area contributed by atoms with Gasteiger partial charge < -0.3 is 5.32 Å². The Bertz CT molecular complexity index is 503. The van der Waals surface area contributed by atoms with E-state index in [4.69, 9.17) is 0 Å². The van der Waals surface area contributed by atoms with E-state index in [1.165, 1.54) is 19.3 Å². The molecular formula is C17H24FN. The topological polar surface area (TPSA) is 12.0 Å². The molecule has 3 unspecified atom stereocenters. The fourth-order valence-corrected chi connectivity index (χ4v) is 4.57. The molecule has 2 fully saturated rings. The molecule has 3 atom stereocenters. The summed E-state index contributed by atoms with van der Waals surface area (Å²) in [6.45, 7) is 9.06. The van der Waals surface area contributed by atoms with Crippen molar-refractivity contribution in [1.29, 1.82) is 0 Å². The van der Waals surface area contributed by atoms with Gasteiger partial charge in [-0.15, -0.1) is 0 Å². The molecule has 2 heteroatoms. The summed E-state index contributed by atoms with van der Waals surface area (Å²) in [5.74, 6) is 0.649. The first-order chi connectivity index (χ1) is 8.83. The van der Waals surface area contributed by atoms with Crippen LogP contribution in [0, 0.1) is 29.5 Å². The molecule has 0 heterocycles. The van der Waals surface area contributed by atoms with Gasteiger partial charge in [-0.3, -0.25) is 0 Å². The molecule has 104 valence electrons. The van der Waals surface area contributed by atoms with Crippen molar-refractivity contribution in [2.45, 2.75) is 53.0 Å². The Morgan fingerprint density at radius 2 is 2.00 bits per heavy atom. The average molecular weight is 261 g/mol. The predicted molar refractivity (Wildman–Crippen MR) is 77.8 cm³/mol. The normalized spacial score (nSPS) is 35.6. The van der Waals surface area contributed by atoms with Crippen LogP contribution < -0.4 is 5.32 Å². The van der Waals surface area contributed by atoms with Gasteiger partial charge in [-0.2, -0.15) is 0 Å². The minimum Gasteiger partial charge on any atom is -0.379 e. The Morgan fingerprint density at radius 1 is 1.26 bits per heavy atom. The zero-order valence-corrected chi connectivity index (χ0v) is 12.4. The van der Waals surface area contributed by atoms with Gasteiger partial charge in [-0.1, -0.05) is 26.8 Å². The highest BCUT2D eigenvalue weighted by molar-refractivity contribution is 5.49. The number of nitrogens with one attached hydrogen (secondary N) is 1. The number of rotatable bonds is 2. The summed E-state index contributed by atoms with van der Waals surface area (Å²) in [4.78, 5) is 0. The predicted octanol–water partition coefficient (Wildman–Crippen LogP) is 4.76. The lowest BCUT2D eigenvalue weighted by atomic mass is 9.68. The Hall–Kier alpha value is -1.05. The Kier molecular flexibility index (Phi) is 2.71.